The highest BCUT2D eigenvalue weighted by atomic mass is 19.3. The van der Waals surface area contributed by atoms with Gasteiger partial charge in [0.05, 0.1) is 0 Å². The standard InChI is InChI=1S/C9H8F2O2/c10-9(11,8(12)13)6-7-4-2-1-3-5-7/h1-5H,6H2,(H,12,13). The molecule has 13 heavy (non-hydrogen) atoms. The van der Waals surface area contributed by atoms with Crippen LogP contribution in [-0.4, -0.2) is 17.0 Å². The van der Waals surface area contributed by atoms with E-state index in [9.17, 15) is 13.6 Å². The molecule has 0 aliphatic carbocycles. The molecular weight excluding hydrogens is 178 g/mol. The van der Waals surface area contributed by atoms with Gasteiger partial charge in [0, 0.05) is 6.42 Å². The normalized spacial score (nSPS) is 11.2. The molecule has 2 nitrogen and oxygen atoms in total. The number of hydrogen-bond acceptors (Lipinski definition) is 1. The Bertz CT molecular complexity index is 296. The van der Waals surface area contributed by atoms with E-state index in [1.807, 2.05) is 0 Å². The molecule has 70 valence electrons. The van der Waals surface area contributed by atoms with Crippen molar-refractivity contribution in [2.75, 3.05) is 0 Å². The lowest BCUT2D eigenvalue weighted by atomic mass is 10.1. The minimum atomic E-state index is -3.68. The fourth-order valence-electron chi connectivity index (χ4n) is 0.928. The number of hydrogen-bond donors (Lipinski definition) is 1. The molecule has 1 N–H and O–H groups in total. The second kappa shape index (κ2) is 3.51. The van der Waals surface area contributed by atoms with Crippen LogP contribution in [0.4, 0.5) is 8.78 Å². The zero-order chi connectivity index (χ0) is 9.90. The molecule has 0 aliphatic heterocycles. The minimum Gasteiger partial charge on any atom is -0.477 e. The summed E-state index contributed by atoms with van der Waals surface area (Å²) < 4.78 is 25.3. The van der Waals surface area contributed by atoms with Gasteiger partial charge in [-0.3, -0.25) is 0 Å². The van der Waals surface area contributed by atoms with Gasteiger partial charge in [-0.05, 0) is 5.56 Å². The third-order valence-corrected chi connectivity index (χ3v) is 1.58. The molecule has 0 aromatic heterocycles. The molecule has 4 heteroatoms. The predicted octanol–water partition coefficient (Wildman–Crippen LogP) is 1.95. The Labute approximate surface area is 73.8 Å². The first-order valence-electron chi connectivity index (χ1n) is 3.67. The number of benzene rings is 1. The Balaban J connectivity index is 2.75. The number of halogens is 2. The van der Waals surface area contributed by atoms with Crippen LogP contribution in [0.25, 0.3) is 0 Å². The highest BCUT2D eigenvalue weighted by molar-refractivity contribution is 5.75. The second-order valence-corrected chi connectivity index (χ2v) is 2.67. The van der Waals surface area contributed by atoms with Gasteiger partial charge in [0.25, 0.3) is 0 Å². The molecule has 0 saturated heterocycles. The summed E-state index contributed by atoms with van der Waals surface area (Å²) in [4.78, 5) is 10.1. The van der Waals surface area contributed by atoms with Crippen LogP contribution in [0.2, 0.25) is 0 Å². The fourth-order valence-corrected chi connectivity index (χ4v) is 0.928. The van der Waals surface area contributed by atoms with Crippen LogP contribution in [-0.2, 0) is 11.2 Å². The topological polar surface area (TPSA) is 37.3 Å². The summed E-state index contributed by atoms with van der Waals surface area (Å²) >= 11 is 0. The van der Waals surface area contributed by atoms with Crippen LogP contribution >= 0.6 is 0 Å². The van der Waals surface area contributed by atoms with Crippen molar-refractivity contribution in [1.82, 2.24) is 0 Å². The van der Waals surface area contributed by atoms with Gasteiger partial charge >= 0.3 is 11.9 Å². The predicted molar refractivity (Wildman–Crippen MR) is 42.7 cm³/mol. The summed E-state index contributed by atoms with van der Waals surface area (Å²) in [6, 6.07) is 7.80. The molecule has 0 radical (unpaired) electrons. The van der Waals surface area contributed by atoms with Gasteiger partial charge in [0.2, 0.25) is 0 Å². The molecule has 0 fully saturated rings. The summed E-state index contributed by atoms with van der Waals surface area (Å²) in [7, 11) is 0. The first-order chi connectivity index (χ1) is 6.02. The maximum atomic E-state index is 12.6. The van der Waals surface area contributed by atoms with E-state index < -0.39 is 18.3 Å². The summed E-state index contributed by atoms with van der Waals surface area (Å²) in [5, 5.41) is 8.15. The SMILES string of the molecule is O=C(O)C(F)(F)Cc1ccccc1. The first kappa shape index (κ1) is 9.64. The molecule has 0 atom stereocenters. The summed E-state index contributed by atoms with van der Waals surface area (Å²) in [5.41, 5.74) is 0.315. The maximum Gasteiger partial charge on any atom is 0.374 e. The third-order valence-electron chi connectivity index (χ3n) is 1.58. The fraction of sp³-hybridized carbons (Fsp3) is 0.222. The highest BCUT2D eigenvalue weighted by Gasteiger charge is 2.38. The quantitative estimate of drug-likeness (QED) is 0.783. The van der Waals surface area contributed by atoms with E-state index in [0.717, 1.165) is 0 Å². The van der Waals surface area contributed by atoms with Crippen LogP contribution in [0.5, 0.6) is 0 Å². The Morgan fingerprint density at radius 1 is 1.31 bits per heavy atom. The monoisotopic (exact) mass is 186 g/mol. The Morgan fingerprint density at radius 2 is 1.85 bits per heavy atom. The molecule has 0 bridgehead atoms. The number of carboxylic acids is 1. The average Bonchev–Trinajstić information content (AvgIpc) is 2.05. The van der Waals surface area contributed by atoms with Crippen LogP contribution < -0.4 is 0 Å². The van der Waals surface area contributed by atoms with Crippen LogP contribution in [0.15, 0.2) is 30.3 Å². The largest absolute Gasteiger partial charge is 0.477 e. The molecule has 0 unspecified atom stereocenters. The molecule has 1 aromatic carbocycles. The molecule has 0 saturated carbocycles. The Hall–Kier alpha value is -1.45. The van der Waals surface area contributed by atoms with Gasteiger partial charge in [-0.2, -0.15) is 8.78 Å². The van der Waals surface area contributed by atoms with Gasteiger partial charge in [0.15, 0.2) is 0 Å². The van der Waals surface area contributed by atoms with Gasteiger partial charge < -0.3 is 5.11 Å². The smallest absolute Gasteiger partial charge is 0.374 e. The number of alkyl halides is 2. The van der Waals surface area contributed by atoms with E-state index in [2.05, 4.69) is 0 Å². The minimum absolute atomic E-state index is 0.315. The average molecular weight is 186 g/mol. The van der Waals surface area contributed by atoms with Gasteiger partial charge in [-0.1, -0.05) is 30.3 Å². The van der Waals surface area contributed by atoms with E-state index in [-0.39, 0.29) is 0 Å². The highest BCUT2D eigenvalue weighted by Crippen LogP contribution is 2.19. The summed E-state index contributed by atoms with van der Waals surface area (Å²) in [5.74, 6) is -5.77. The van der Waals surface area contributed by atoms with Crippen molar-refractivity contribution in [2.45, 2.75) is 12.3 Å². The maximum absolute atomic E-state index is 12.6. The van der Waals surface area contributed by atoms with Crippen molar-refractivity contribution in [3.05, 3.63) is 35.9 Å². The number of rotatable bonds is 3. The van der Waals surface area contributed by atoms with E-state index in [0.29, 0.717) is 5.56 Å². The molecule has 0 aliphatic rings. The number of aliphatic carboxylic acids is 1. The van der Waals surface area contributed by atoms with E-state index in [1.54, 1.807) is 18.2 Å². The molecule has 1 rings (SSSR count). The number of carbonyl (C=O) groups is 1. The zero-order valence-electron chi connectivity index (χ0n) is 6.71. The molecular formula is C9H8F2O2. The van der Waals surface area contributed by atoms with Crippen molar-refractivity contribution in [3.8, 4) is 0 Å². The van der Waals surface area contributed by atoms with Crippen molar-refractivity contribution >= 4 is 5.97 Å². The van der Waals surface area contributed by atoms with Crippen molar-refractivity contribution < 1.29 is 18.7 Å². The lowest BCUT2D eigenvalue weighted by molar-refractivity contribution is -0.164. The van der Waals surface area contributed by atoms with E-state index >= 15 is 0 Å². The van der Waals surface area contributed by atoms with Gasteiger partial charge in [-0.15, -0.1) is 0 Å². The molecule has 1 aromatic rings. The third kappa shape index (κ3) is 2.50. The first-order valence-corrected chi connectivity index (χ1v) is 3.67. The van der Waals surface area contributed by atoms with Crippen LogP contribution in [0.1, 0.15) is 5.56 Å². The van der Waals surface area contributed by atoms with Gasteiger partial charge in [-0.25, -0.2) is 4.79 Å². The lowest BCUT2D eigenvalue weighted by Crippen LogP contribution is -2.30. The molecule has 0 amide bonds. The van der Waals surface area contributed by atoms with Crippen LogP contribution in [0, 0.1) is 0 Å². The van der Waals surface area contributed by atoms with Gasteiger partial charge in [0.1, 0.15) is 0 Å². The lowest BCUT2D eigenvalue weighted by Gasteiger charge is -2.10. The second-order valence-electron chi connectivity index (χ2n) is 2.67. The Morgan fingerprint density at radius 3 is 2.31 bits per heavy atom. The van der Waals surface area contributed by atoms with Crippen molar-refractivity contribution in [1.29, 1.82) is 0 Å². The summed E-state index contributed by atoms with van der Waals surface area (Å²) in [6.07, 6.45) is -0.761. The van der Waals surface area contributed by atoms with Crippen molar-refractivity contribution in [3.63, 3.8) is 0 Å². The molecule has 0 heterocycles. The molecule has 0 spiro atoms. The van der Waals surface area contributed by atoms with E-state index in [1.165, 1.54) is 12.1 Å². The Kier molecular flexibility index (Phi) is 2.60. The van der Waals surface area contributed by atoms with Crippen LogP contribution in [0.3, 0.4) is 0 Å². The van der Waals surface area contributed by atoms with Crippen molar-refractivity contribution in [2.24, 2.45) is 0 Å². The van der Waals surface area contributed by atoms with E-state index in [4.69, 9.17) is 5.11 Å². The zero-order valence-corrected chi connectivity index (χ0v) is 6.71. The summed E-state index contributed by atoms with van der Waals surface area (Å²) in [6.45, 7) is 0. The number of carboxylic acid groups (broad SMARTS) is 1.